The second-order valence-corrected chi connectivity index (χ2v) is 8.17. The number of aromatic nitrogens is 2. The Bertz CT molecular complexity index is 1030. The summed E-state index contributed by atoms with van der Waals surface area (Å²) in [4.78, 5) is 11.6. The number of nitrogens with one attached hydrogen (secondary N) is 2. The second kappa shape index (κ2) is 10.4. The fourth-order valence-corrected chi connectivity index (χ4v) is 3.98. The topological polar surface area (TPSA) is 82.5 Å². The van der Waals surface area contributed by atoms with Crippen molar-refractivity contribution in [1.29, 1.82) is 0 Å². The number of benzene rings is 2. The molecule has 0 saturated carbocycles. The van der Waals surface area contributed by atoms with E-state index in [-0.39, 0.29) is 5.75 Å². The molecule has 0 unspecified atom stereocenters. The maximum Gasteiger partial charge on any atom is 0.223 e. The summed E-state index contributed by atoms with van der Waals surface area (Å²) in [6.07, 6.45) is 2.59. The molecule has 1 atom stereocenters. The molecule has 7 heteroatoms. The lowest BCUT2D eigenvalue weighted by Crippen LogP contribution is -2.49. The van der Waals surface area contributed by atoms with Crippen molar-refractivity contribution in [2.24, 2.45) is 0 Å². The molecule has 32 heavy (non-hydrogen) atoms. The largest absolute Gasteiger partial charge is 0.508 e. The van der Waals surface area contributed by atoms with Gasteiger partial charge >= 0.3 is 0 Å². The summed E-state index contributed by atoms with van der Waals surface area (Å²) in [5.41, 5.74) is 4.19. The monoisotopic (exact) mass is 433 g/mol. The van der Waals surface area contributed by atoms with Gasteiger partial charge in [-0.3, -0.25) is 4.90 Å². The number of piperazine rings is 1. The van der Waals surface area contributed by atoms with Crippen LogP contribution in [0.2, 0.25) is 0 Å². The average molecular weight is 434 g/mol. The third-order valence-electron chi connectivity index (χ3n) is 5.85. The molecule has 2 heterocycles. The van der Waals surface area contributed by atoms with Crippen molar-refractivity contribution in [1.82, 2.24) is 20.2 Å². The van der Waals surface area contributed by atoms with Crippen LogP contribution in [0.1, 0.15) is 18.1 Å². The van der Waals surface area contributed by atoms with Crippen molar-refractivity contribution in [2.75, 3.05) is 38.6 Å². The molecule has 7 nitrogen and oxygen atoms in total. The van der Waals surface area contributed by atoms with Crippen LogP contribution < -0.4 is 15.4 Å². The SMILES string of the molecule is COc1ccc(CN2CCNC[C@@H]2C)cc1-c1ccnc(NCCc2ccc(O)cc2)n1. The van der Waals surface area contributed by atoms with Gasteiger partial charge in [-0.25, -0.2) is 9.97 Å². The number of hydrogen-bond acceptors (Lipinski definition) is 7. The third kappa shape index (κ3) is 5.55. The van der Waals surface area contributed by atoms with Crippen LogP contribution in [0.15, 0.2) is 54.7 Å². The Hall–Kier alpha value is -3.16. The van der Waals surface area contributed by atoms with Crippen LogP contribution in [0.25, 0.3) is 11.3 Å². The van der Waals surface area contributed by atoms with Crippen molar-refractivity contribution in [3.05, 3.63) is 65.9 Å². The number of rotatable bonds is 8. The number of phenols is 1. The zero-order valence-corrected chi connectivity index (χ0v) is 18.7. The first kappa shape index (κ1) is 22.0. The Kier molecular flexibility index (Phi) is 7.19. The molecule has 3 N–H and O–H groups in total. The van der Waals surface area contributed by atoms with Crippen LogP contribution in [-0.2, 0) is 13.0 Å². The molecule has 2 aromatic carbocycles. The van der Waals surface area contributed by atoms with Crippen molar-refractivity contribution in [2.45, 2.75) is 25.9 Å². The smallest absolute Gasteiger partial charge is 0.223 e. The summed E-state index contributed by atoms with van der Waals surface area (Å²) in [5, 5.41) is 16.2. The van der Waals surface area contributed by atoms with E-state index in [1.165, 1.54) is 5.56 Å². The molecule has 0 aliphatic carbocycles. The lowest BCUT2D eigenvalue weighted by Gasteiger charge is -2.34. The minimum absolute atomic E-state index is 0.278. The van der Waals surface area contributed by atoms with Gasteiger partial charge < -0.3 is 20.5 Å². The highest BCUT2D eigenvalue weighted by Gasteiger charge is 2.19. The van der Waals surface area contributed by atoms with Crippen molar-refractivity contribution in [3.63, 3.8) is 0 Å². The zero-order chi connectivity index (χ0) is 22.3. The predicted molar refractivity (Wildman–Crippen MR) is 127 cm³/mol. The van der Waals surface area contributed by atoms with Crippen LogP contribution in [0.4, 0.5) is 5.95 Å². The Labute approximate surface area is 189 Å². The molecule has 3 aromatic rings. The highest BCUT2D eigenvalue weighted by molar-refractivity contribution is 5.68. The third-order valence-corrected chi connectivity index (χ3v) is 5.85. The number of anilines is 1. The van der Waals surface area contributed by atoms with Gasteiger partial charge in [0.2, 0.25) is 5.95 Å². The Morgan fingerprint density at radius 1 is 1.16 bits per heavy atom. The Morgan fingerprint density at radius 3 is 2.75 bits per heavy atom. The van der Waals surface area contributed by atoms with Gasteiger partial charge in [-0.15, -0.1) is 0 Å². The van der Waals surface area contributed by atoms with Gasteiger partial charge in [0.15, 0.2) is 0 Å². The minimum atomic E-state index is 0.278. The Balaban J connectivity index is 1.47. The highest BCUT2D eigenvalue weighted by atomic mass is 16.5. The van der Waals surface area contributed by atoms with E-state index in [9.17, 15) is 5.11 Å². The van der Waals surface area contributed by atoms with Crippen LogP contribution in [0, 0.1) is 0 Å². The van der Waals surface area contributed by atoms with E-state index >= 15 is 0 Å². The van der Waals surface area contributed by atoms with Gasteiger partial charge in [0, 0.05) is 50.5 Å². The van der Waals surface area contributed by atoms with Crippen LogP contribution in [0.5, 0.6) is 11.5 Å². The number of nitrogens with zero attached hydrogens (tertiary/aromatic N) is 3. The molecular weight excluding hydrogens is 402 g/mol. The van der Waals surface area contributed by atoms with E-state index in [1.807, 2.05) is 24.3 Å². The lowest BCUT2D eigenvalue weighted by atomic mass is 10.0. The number of hydrogen-bond donors (Lipinski definition) is 3. The molecule has 1 fully saturated rings. The van der Waals surface area contributed by atoms with E-state index in [0.717, 1.165) is 55.2 Å². The molecule has 1 saturated heterocycles. The molecule has 1 aliphatic rings. The van der Waals surface area contributed by atoms with E-state index in [4.69, 9.17) is 9.72 Å². The summed E-state index contributed by atoms with van der Waals surface area (Å²) in [5.74, 6) is 1.67. The average Bonchev–Trinajstić information content (AvgIpc) is 2.82. The zero-order valence-electron chi connectivity index (χ0n) is 18.7. The maximum atomic E-state index is 9.41. The number of ether oxygens (including phenoxy) is 1. The van der Waals surface area contributed by atoms with E-state index in [2.05, 4.69) is 39.6 Å². The van der Waals surface area contributed by atoms with Gasteiger partial charge in [0.25, 0.3) is 0 Å². The summed E-state index contributed by atoms with van der Waals surface area (Å²) >= 11 is 0. The quantitative estimate of drug-likeness (QED) is 0.503. The van der Waals surface area contributed by atoms with Crippen molar-refractivity contribution in [3.8, 4) is 22.8 Å². The molecule has 4 rings (SSSR count). The van der Waals surface area contributed by atoms with Gasteiger partial charge in [0.05, 0.1) is 12.8 Å². The Morgan fingerprint density at radius 2 is 1.97 bits per heavy atom. The van der Waals surface area contributed by atoms with Gasteiger partial charge in [-0.2, -0.15) is 0 Å². The molecule has 168 valence electrons. The lowest BCUT2D eigenvalue weighted by molar-refractivity contribution is 0.165. The normalized spacial score (nSPS) is 16.6. The molecule has 1 aliphatic heterocycles. The number of phenolic OH excluding ortho intramolecular Hbond substituents is 1. The maximum absolute atomic E-state index is 9.41. The summed E-state index contributed by atoms with van der Waals surface area (Å²) in [6, 6.07) is 16.0. The number of aromatic hydroxyl groups is 1. The van der Waals surface area contributed by atoms with Gasteiger partial charge in [0.1, 0.15) is 11.5 Å². The van der Waals surface area contributed by atoms with Gasteiger partial charge in [-0.05, 0) is 54.8 Å². The first-order valence-corrected chi connectivity index (χ1v) is 11.1. The molecule has 0 bridgehead atoms. The van der Waals surface area contributed by atoms with Crippen LogP contribution in [-0.4, -0.2) is 59.3 Å². The predicted octanol–water partition coefficient (Wildman–Crippen LogP) is 3.31. The van der Waals surface area contributed by atoms with Gasteiger partial charge in [-0.1, -0.05) is 18.2 Å². The minimum Gasteiger partial charge on any atom is -0.508 e. The van der Waals surface area contributed by atoms with Crippen molar-refractivity contribution >= 4 is 5.95 Å². The van der Waals surface area contributed by atoms with E-state index in [1.54, 1.807) is 25.4 Å². The summed E-state index contributed by atoms with van der Waals surface area (Å²) < 4.78 is 5.63. The molecular formula is C25H31N5O2. The van der Waals surface area contributed by atoms with Crippen LogP contribution in [0.3, 0.4) is 0 Å². The van der Waals surface area contributed by atoms with E-state index in [0.29, 0.717) is 18.5 Å². The van der Waals surface area contributed by atoms with Crippen molar-refractivity contribution < 1.29 is 9.84 Å². The molecule has 0 spiro atoms. The fourth-order valence-electron chi connectivity index (χ4n) is 3.98. The summed E-state index contributed by atoms with van der Waals surface area (Å²) in [6.45, 7) is 6.96. The standard InChI is InChI=1S/C25H31N5O2/c1-18-16-26-13-14-30(18)17-20-5-8-24(32-2)22(15-20)23-10-12-28-25(29-23)27-11-9-19-3-6-21(31)7-4-19/h3-8,10,12,15,18,26,31H,9,11,13-14,16-17H2,1-2H3,(H,27,28,29)/t18-/m0/s1. The first-order valence-electron chi connectivity index (χ1n) is 11.1. The first-order chi connectivity index (χ1) is 15.6. The fraction of sp³-hybridized carbons (Fsp3) is 0.360. The second-order valence-electron chi connectivity index (χ2n) is 8.17. The highest BCUT2D eigenvalue weighted by Crippen LogP contribution is 2.30. The number of methoxy groups -OCH3 is 1. The van der Waals surface area contributed by atoms with E-state index < -0.39 is 0 Å². The van der Waals surface area contributed by atoms with Crippen LogP contribution >= 0.6 is 0 Å². The molecule has 0 amide bonds. The molecule has 0 radical (unpaired) electrons. The molecule has 1 aromatic heterocycles. The summed E-state index contributed by atoms with van der Waals surface area (Å²) in [7, 11) is 1.69.